The molecular weight excluding hydrogens is 404 g/mol. The van der Waals surface area contributed by atoms with Gasteiger partial charge in [-0.15, -0.1) is 0 Å². The lowest BCUT2D eigenvalue weighted by Crippen LogP contribution is -2.39. The van der Waals surface area contributed by atoms with Gasteiger partial charge in [0, 0.05) is 49.5 Å². The Morgan fingerprint density at radius 2 is 2.12 bits per heavy atom. The van der Waals surface area contributed by atoms with Crippen LogP contribution in [-0.4, -0.2) is 48.7 Å². The Labute approximate surface area is 161 Å². The van der Waals surface area contributed by atoms with Crippen molar-refractivity contribution in [1.82, 2.24) is 14.5 Å². The largest absolute Gasteiger partial charge is 0.450 e. The molecule has 1 saturated heterocycles. The van der Waals surface area contributed by atoms with E-state index in [2.05, 4.69) is 20.9 Å². The topological polar surface area (TPSA) is 97.2 Å². The van der Waals surface area contributed by atoms with Crippen molar-refractivity contribution >= 4 is 47.4 Å². The van der Waals surface area contributed by atoms with Crippen molar-refractivity contribution in [3.63, 3.8) is 0 Å². The Morgan fingerprint density at radius 1 is 1.50 bits per heavy atom. The molecule has 26 heavy (non-hydrogen) atoms. The van der Waals surface area contributed by atoms with Crippen LogP contribution in [0.3, 0.4) is 0 Å². The first-order valence-corrected chi connectivity index (χ1v) is 8.65. The van der Waals surface area contributed by atoms with Gasteiger partial charge < -0.3 is 19.9 Å². The Morgan fingerprint density at radius 3 is 2.69 bits per heavy atom. The molecule has 1 aromatic heterocycles. The number of nitriles is 1. The maximum Gasteiger partial charge on any atom is 0.409 e. The number of hydrogen-bond donors (Lipinski definition) is 1. The third-order valence-corrected chi connectivity index (χ3v) is 4.03. The number of carbonyl (C=O) groups is 1. The van der Waals surface area contributed by atoms with Crippen molar-refractivity contribution in [2.45, 2.75) is 25.8 Å². The lowest BCUT2D eigenvalue weighted by atomic mass is 10.0. The van der Waals surface area contributed by atoms with Gasteiger partial charge in [0.2, 0.25) is 5.95 Å². The first-order chi connectivity index (χ1) is 12.0. The van der Waals surface area contributed by atoms with E-state index in [9.17, 15) is 9.18 Å². The molecule has 10 heteroatoms. The number of carbonyl (C=O) groups excluding carboxylic acids is 1. The molecule has 7 nitrogen and oxygen atoms in total. The normalized spacial score (nSPS) is 14.0. The molecule has 1 aromatic carbocycles. The van der Waals surface area contributed by atoms with Crippen LogP contribution in [0.15, 0.2) is 18.2 Å². The highest BCUT2D eigenvalue weighted by atomic mass is 79.9. The number of aromatic nitrogens is 2. The number of amides is 1. The molecule has 3 radical (unpaired) electrons. The Balaban J connectivity index is 0.000000791. The van der Waals surface area contributed by atoms with Crippen molar-refractivity contribution < 1.29 is 13.9 Å². The van der Waals surface area contributed by atoms with E-state index in [0.717, 1.165) is 18.4 Å². The Kier molecular flexibility index (Phi) is 8.38. The zero-order chi connectivity index (χ0) is 18.4. The number of hydrogen-bond acceptors (Lipinski definition) is 5. The van der Waals surface area contributed by atoms with Crippen LogP contribution in [0.4, 0.5) is 15.1 Å². The highest BCUT2D eigenvalue weighted by molar-refractivity contribution is 9.12. The van der Waals surface area contributed by atoms with Crippen LogP contribution in [0.5, 0.6) is 0 Å². The molecular formula is C16H19BBrFN5O2. The zero-order valence-corrected chi connectivity index (χ0v) is 15.9. The quantitative estimate of drug-likeness (QED) is 0.750. The minimum atomic E-state index is -0.325. The summed E-state index contributed by atoms with van der Waals surface area (Å²) in [5.41, 5.74) is 7.39. The summed E-state index contributed by atoms with van der Waals surface area (Å²) >= 11 is 2.45. The van der Waals surface area contributed by atoms with Crippen molar-refractivity contribution in [3.05, 3.63) is 24.0 Å². The molecule has 137 valence electrons. The van der Waals surface area contributed by atoms with Gasteiger partial charge in [-0.25, -0.2) is 14.2 Å². The predicted octanol–water partition coefficient (Wildman–Crippen LogP) is 3.03. The minimum absolute atomic E-state index is 0. The van der Waals surface area contributed by atoms with Crippen LogP contribution in [-0.2, 0) is 4.74 Å². The van der Waals surface area contributed by atoms with E-state index in [4.69, 9.17) is 15.7 Å². The number of halogens is 2. The Bertz CT molecular complexity index is 787. The number of ether oxygens (including phenoxy) is 1. The standard InChI is InChI=1S/C15H19FN4O2.CBrN.B/c1-2-22-15(21)19-7-5-11(6-8-19)20-13-4-3-10(16)9-12(13)18-14(20)17;2-1-3;/h3-4,9,11H,2,5-8H2,1H3,(H2,17,18);;. The van der Waals surface area contributed by atoms with E-state index in [-0.39, 0.29) is 26.4 Å². The van der Waals surface area contributed by atoms with E-state index < -0.39 is 0 Å². The van der Waals surface area contributed by atoms with Gasteiger partial charge >= 0.3 is 6.09 Å². The van der Waals surface area contributed by atoms with Crippen LogP contribution in [0.25, 0.3) is 11.0 Å². The molecule has 2 aromatic rings. The van der Waals surface area contributed by atoms with E-state index in [1.807, 2.05) is 4.57 Å². The van der Waals surface area contributed by atoms with Crippen molar-refractivity contribution in [1.29, 1.82) is 5.26 Å². The highest BCUT2D eigenvalue weighted by Crippen LogP contribution is 2.30. The molecule has 1 fully saturated rings. The molecule has 1 aliphatic rings. The van der Waals surface area contributed by atoms with Crippen molar-refractivity contribution in [2.24, 2.45) is 0 Å². The van der Waals surface area contributed by atoms with Crippen molar-refractivity contribution in [3.8, 4) is 4.98 Å². The highest BCUT2D eigenvalue weighted by Gasteiger charge is 2.26. The molecule has 0 aliphatic carbocycles. The Hall–Kier alpha value is -2.28. The van der Waals surface area contributed by atoms with Crippen LogP contribution in [0.1, 0.15) is 25.8 Å². The fourth-order valence-corrected chi connectivity index (χ4v) is 3.00. The summed E-state index contributed by atoms with van der Waals surface area (Å²) in [6, 6.07) is 4.65. The van der Waals surface area contributed by atoms with Gasteiger partial charge in [0.1, 0.15) is 10.8 Å². The summed E-state index contributed by atoms with van der Waals surface area (Å²) in [4.78, 5) is 19.2. The van der Waals surface area contributed by atoms with Crippen molar-refractivity contribution in [2.75, 3.05) is 25.4 Å². The van der Waals surface area contributed by atoms with Gasteiger partial charge in [0.15, 0.2) is 0 Å². The molecule has 0 spiro atoms. The van der Waals surface area contributed by atoms with Gasteiger partial charge in [-0.05, 0) is 31.9 Å². The van der Waals surface area contributed by atoms with Gasteiger partial charge in [-0.3, -0.25) is 0 Å². The maximum atomic E-state index is 13.3. The van der Waals surface area contributed by atoms with E-state index in [1.54, 1.807) is 22.9 Å². The summed E-state index contributed by atoms with van der Waals surface area (Å²) in [5, 5.41) is 7.24. The summed E-state index contributed by atoms with van der Waals surface area (Å²) in [5.74, 6) is 0.0597. The number of fused-ring (bicyclic) bond motifs is 1. The molecule has 0 atom stereocenters. The summed E-state index contributed by atoms with van der Waals surface area (Å²) < 4.78 is 20.2. The summed E-state index contributed by atoms with van der Waals surface area (Å²) in [6.45, 7) is 3.40. The number of nitrogens with two attached hydrogens (primary N) is 1. The third-order valence-electron chi connectivity index (χ3n) is 4.03. The number of nitrogen functional groups attached to an aromatic ring is 1. The van der Waals surface area contributed by atoms with Gasteiger partial charge in [-0.2, -0.15) is 5.26 Å². The number of anilines is 1. The molecule has 0 unspecified atom stereocenters. The first-order valence-electron chi connectivity index (χ1n) is 7.86. The fraction of sp³-hybridized carbons (Fsp3) is 0.438. The lowest BCUT2D eigenvalue weighted by molar-refractivity contribution is 0.0932. The minimum Gasteiger partial charge on any atom is -0.450 e. The van der Waals surface area contributed by atoms with Crippen LogP contribution in [0, 0.1) is 16.1 Å². The second-order valence-electron chi connectivity index (χ2n) is 5.47. The summed E-state index contributed by atoms with van der Waals surface area (Å²) in [6.07, 6.45) is 1.27. The molecule has 3 rings (SSSR count). The van der Waals surface area contributed by atoms with Crippen LogP contribution >= 0.6 is 15.9 Å². The molecule has 0 saturated carbocycles. The molecule has 1 aliphatic heterocycles. The third kappa shape index (κ3) is 4.88. The van der Waals surface area contributed by atoms with Gasteiger partial charge in [0.05, 0.1) is 17.6 Å². The van der Waals surface area contributed by atoms with Gasteiger partial charge in [-0.1, -0.05) is 0 Å². The second kappa shape index (κ2) is 10.0. The van der Waals surface area contributed by atoms with E-state index >= 15 is 0 Å². The van der Waals surface area contributed by atoms with Crippen LogP contribution in [0.2, 0.25) is 0 Å². The molecule has 1 amide bonds. The molecule has 0 bridgehead atoms. The number of benzene rings is 1. The maximum absolute atomic E-state index is 13.3. The molecule has 2 heterocycles. The molecule has 2 N–H and O–H groups in total. The number of piperidine rings is 1. The van der Waals surface area contributed by atoms with Crippen LogP contribution < -0.4 is 5.73 Å². The van der Waals surface area contributed by atoms with E-state index in [1.165, 1.54) is 12.1 Å². The number of imidazole rings is 1. The first kappa shape index (κ1) is 21.8. The second-order valence-corrected chi connectivity index (χ2v) is 5.83. The SMILES string of the molecule is CCOC(=O)N1CCC(n2c(N)nc3cc(F)ccc32)CC1.N#CBr.[B]. The zero-order valence-electron chi connectivity index (χ0n) is 14.4. The average Bonchev–Trinajstić information content (AvgIpc) is 2.91. The number of likely N-dealkylation sites (tertiary alicyclic amines) is 1. The average molecular weight is 423 g/mol. The van der Waals surface area contributed by atoms with E-state index in [0.29, 0.717) is 31.2 Å². The fourth-order valence-electron chi connectivity index (χ4n) is 3.00. The summed E-state index contributed by atoms with van der Waals surface area (Å²) in [7, 11) is 0. The lowest BCUT2D eigenvalue weighted by Gasteiger charge is -2.32. The number of nitrogens with zero attached hydrogens (tertiary/aromatic N) is 4. The predicted molar refractivity (Wildman–Crippen MR) is 101 cm³/mol. The smallest absolute Gasteiger partial charge is 0.409 e. The van der Waals surface area contributed by atoms with Gasteiger partial charge in [0.25, 0.3) is 0 Å². The number of rotatable bonds is 2. The monoisotopic (exact) mass is 422 g/mol.